The summed E-state index contributed by atoms with van der Waals surface area (Å²) in [5.74, 6) is 0.800. The van der Waals surface area contributed by atoms with Crippen molar-refractivity contribution in [2.24, 2.45) is 5.10 Å². The van der Waals surface area contributed by atoms with Crippen LogP contribution in [-0.2, 0) is 4.79 Å². The summed E-state index contributed by atoms with van der Waals surface area (Å²) in [4.78, 5) is 15.1. The molecule has 0 saturated heterocycles. The minimum absolute atomic E-state index is 0.173. The lowest BCUT2D eigenvalue weighted by Crippen LogP contribution is -2.28. The number of hydrogen-bond acceptors (Lipinski definition) is 4. The molecule has 25 heavy (non-hydrogen) atoms. The fraction of sp³-hybridized carbons (Fsp3) is 0.100. The summed E-state index contributed by atoms with van der Waals surface area (Å²) in [6, 6.07) is 19.2. The summed E-state index contributed by atoms with van der Waals surface area (Å²) in [6.45, 7) is 2.04. The zero-order valence-electron chi connectivity index (χ0n) is 13.6. The molecule has 0 aliphatic carbocycles. The third-order valence-corrected chi connectivity index (χ3v) is 5.01. The maximum absolute atomic E-state index is 12.8. The summed E-state index contributed by atoms with van der Waals surface area (Å²) in [5, 5.41) is 4.12. The van der Waals surface area contributed by atoms with Crippen molar-refractivity contribution < 1.29 is 9.53 Å². The molecule has 2 heterocycles. The van der Waals surface area contributed by atoms with Crippen molar-refractivity contribution in [3.63, 3.8) is 0 Å². The van der Waals surface area contributed by atoms with Gasteiger partial charge in [-0.3, -0.25) is 4.79 Å². The van der Waals surface area contributed by atoms with Crippen molar-refractivity contribution in [1.29, 1.82) is 0 Å². The molecule has 0 unspecified atom stereocenters. The fourth-order valence-corrected chi connectivity index (χ4v) is 3.69. The first-order chi connectivity index (χ1) is 12.2. The minimum Gasteiger partial charge on any atom is -0.457 e. The van der Waals surface area contributed by atoms with E-state index in [0.717, 1.165) is 16.0 Å². The summed E-state index contributed by atoms with van der Waals surface area (Å²) in [7, 11) is 0. The van der Waals surface area contributed by atoms with Crippen LogP contribution in [0.15, 0.2) is 65.8 Å². The Bertz CT molecular complexity index is 916. The van der Waals surface area contributed by atoms with Gasteiger partial charge < -0.3 is 4.74 Å². The highest BCUT2D eigenvalue weighted by atomic mass is 32.1. The molecule has 124 valence electrons. The number of thiophene rings is 1. The van der Waals surface area contributed by atoms with E-state index in [1.165, 1.54) is 4.88 Å². The molecule has 0 atom stereocenters. The Hall–Kier alpha value is -2.92. The molecule has 5 heteroatoms. The van der Waals surface area contributed by atoms with E-state index in [0.29, 0.717) is 11.5 Å². The number of hydrazone groups is 1. The van der Waals surface area contributed by atoms with Crippen molar-refractivity contribution in [3.05, 3.63) is 81.5 Å². The molecule has 1 aliphatic rings. The molecular formula is C20H16N2O2S. The number of benzene rings is 2. The van der Waals surface area contributed by atoms with Gasteiger partial charge in [0.05, 0.1) is 12.1 Å². The van der Waals surface area contributed by atoms with Crippen LogP contribution in [-0.4, -0.2) is 12.1 Å². The van der Waals surface area contributed by atoms with Gasteiger partial charge in [-0.2, -0.15) is 5.10 Å². The molecule has 4 nitrogen and oxygen atoms in total. The number of ether oxygens (including phenoxy) is 1. The van der Waals surface area contributed by atoms with Gasteiger partial charge in [-0.1, -0.05) is 36.4 Å². The largest absolute Gasteiger partial charge is 0.457 e. The van der Waals surface area contributed by atoms with Crippen molar-refractivity contribution in [2.45, 2.75) is 12.8 Å². The molecule has 1 amide bonds. The molecule has 0 fully saturated rings. The highest BCUT2D eigenvalue weighted by Crippen LogP contribution is 2.43. The number of rotatable bonds is 3. The van der Waals surface area contributed by atoms with E-state index < -0.39 is 5.92 Å². The maximum Gasteiger partial charge on any atom is 0.252 e. The van der Waals surface area contributed by atoms with Gasteiger partial charge in [-0.25, -0.2) is 5.43 Å². The lowest BCUT2D eigenvalue weighted by Gasteiger charge is -2.26. The lowest BCUT2D eigenvalue weighted by molar-refractivity contribution is -0.121. The van der Waals surface area contributed by atoms with E-state index >= 15 is 0 Å². The van der Waals surface area contributed by atoms with Crippen molar-refractivity contribution in [1.82, 2.24) is 5.43 Å². The van der Waals surface area contributed by atoms with E-state index in [4.69, 9.17) is 4.74 Å². The lowest BCUT2D eigenvalue weighted by atomic mass is 9.87. The van der Waals surface area contributed by atoms with Gasteiger partial charge in [0.15, 0.2) is 0 Å². The van der Waals surface area contributed by atoms with Gasteiger partial charge in [-0.15, -0.1) is 11.3 Å². The highest BCUT2D eigenvalue weighted by molar-refractivity contribution is 7.13. The van der Waals surface area contributed by atoms with Gasteiger partial charge in [0.2, 0.25) is 0 Å². The van der Waals surface area contributed by atoms with Crippen LogP contribution in [0.3, 0.4) is 0 Å². The van der Waals surface area contributed by atoms with Gasteiger partial charge in [0.25, 0.3) is 5.91 Å². The predicted molar refractivity (Wildman–Crippen MR) is 99.6 cm³/mol. The van der Waals surface area contributed by atoms with Gasteiger partial charge in [-0.05, 0) is 31.2 Å². The van der Waals surface area contributed by atoms with Crippen LogP contribution < -0.4 is 10.2 Å². The average molecular weight is 348 g/mol. The molecule has 2 aromatic carbocycles. The Balaban J connectivity index is 1.62. The summed E-state index contributed by atoms with van der Waals surface area (Å²) >= 11 is 1.63. The first kappa shape index (κ1) is 15.6. The number of para-hydroxylation sites is 2. The molecular weight excluding hydrogens is 332 g/mol. The summed E-state index contributed by atoms with van der Waals surface area (Å²) in [5.41, 5.74) is 4.37. The number of hydrogen-bond donors (Lipinski definition) is 1. The quantitative estimate of drug-likeness (QED) is 0.562. The van der Waals surface area contributed by atoms with E-state index in [9.17, 15) is 4.79 Å². The van der Waals surface area contributed by atoms with Crippen LogP contribution in [0.4, 0.5) is 0 Å². The number of fused-ring (bicyclic) bond motifs is 2. The second kappa shape index (κ2) is 6.53. The molecule has 1 N–H and O–H groups in total. The van der Waals surface area contributed by atoms with Gasteiger partial charge in [0, 0.05) is 20.9 Å². The highest BCUT2D eigenvalue weighted by Gasteiger charge is 2.32. The standard InChI is InChI=1S/C20H16N2O2S/c1-13-10-11-14(25-13)12-21-22-20(23)19-15-6-2-4-8-17(15)24-18-9-5-3-7-16(18)19/h2-12,19H,1H3,(H,22,23). The van der Waals surface area contributed by atoms with Crippen LogP contribution in [0, 0.1) is 6.92 Å². The normalized spacial score (nSPS) is 13.2. The Morgan fingerprint density at radius 1 is 1.04 bits per heavy atom. The third-order valence-electron chi connectivity index (χ3n) is 4.07. The molecule has 0 saturated carbocycles. The van der Waals surface area contributed by atoms with Gasteiger partial charge >= 0.3 is 0 Å². The number of amides is 1. The molecule has 0 radical (unpaired) electrons. The first-order valence-corrected chi connectivity index (χ1v) is 8.79. The number of carbonyl (C=O) groups excluding carboxylic acids is 1. The number of aryl methyl sites for hydroxylation is 1. The summed E-state index contributed by atoms with van der Waals surface area (Å²) in [6.07, 6.45) is 1.67. The fourth-order valence-electron chi connectivity index (χ4n) is 2.94. The molecule has 1 aliphatic heterocycles. The number of carbonyl (C=O) groups is 1. The van der Waals surface area contributed by atoms with Crippen molar-refractivity contribution >= 4 is 23.5 Å². The smallest absolute Gasteiger partial charge is 0.252 e. The Morgan fingerprint density at radius 2 is 1.68 bits per heavy atom. The minimum atomic E-state index is -0.441. The topological polar surface area (TPSA) is 50.7 Å². The van der Waals surface area contributed by atoms with Crippen LogP contribution in [0.2, 0.25) is 0 Å². The van der Waals surface area contributed by atoms with E-state index in [2.05, 4.69) is 10.5 Å². The van der Waals surface area contributed by atoms with E-state index in [-0.39, 0.29) is 5.91 Å². The Kier molecular flexibility index (Phi) is 4.07. The third kappa shape index (κ3) is 3.06. The molecule has 4 rings (SSSR count). The van der Waals surface area contributed by atoms with Crippen LogP contribution in [0.5, 0.6) is 11.5 Å². The Morgan fingerprint density at radius 3 is 2.28 bits per heavy atom. The zero-order valence-corrected chi connectivity index (χ0v) is 14.4. The summed E-state index contributed by atoms with van der Waals surface area (Å²) < 4.78 is 5.92. The number of nitrogens with one attached hydrogen (secondary N) is 1. The van der Waals surface area contributed by atoms with E-state index in [1.807, 2.05) is 67.6 Å². The monoisotopic (exact) mass is 348 g/mol. The predicted octanol–water partition coefficient (Wildman–Crippen LogP) is 4.44. The van der Waals surface area contributed by atoms with Crippen LogP contribution in [0.25, 0.3) is 0 Å². The first-order valence-electron chi connectivity index (χ1n) is 7.97. The molecule has 1 aromatic heterocycles. The molecule has 0 bridgehead atoms. The molecule has 3 aromatic rings. The average Bonchev–Trinajstić information content (AvgIpc) is 3.04. The van der Waals surface area contributed by atoms with Crippen LogP contribution >= 0.6 is 11.3 Å². The van der Waals surface area contributed by atoms with Crippen LogP contribution in [0.1, 0.15) is 26.8 Å². The second-order valence-electron chi connectivity index (χ2n) is 5.79. The van der Waals surface area contributed by atoms with Gasteiger partial charge in [0.1, 0.15) is 11.5 Å². The van der Waals surface area contributed by atoms with Crippen molar-refractivity contribution in [2.75, 3.05) is 0 Å². The maximum atomic E-state index is 12.8. The second-order valence-corrected chi connectivity index (χ2v) is 7.11. The Labute approximate surface area is 149 Å². The van der Waals surface area contributed by atoms with E-state index in [1.54, 1.807) is 17.6 Å². The molecule has 0 spiro atoms. The zero-order chi connectivity index (χ0) is 17.2. The van der Waals surface area contributed by atoms with Crippen molar-refractivity contribution in [3.8, 4) is 11.5 Å². The SMILES string of the molecule is Cc1ccc(C=NNC(=O)C2c3ccccc3Oc3ccccc32)s1. The number of nitrogens with zero attached hydrogens (tertiary/aromatic N) is 1.